The Morgan fingerprint density at radius 3 is 2.81 bits per heavy atom. The van der Waals surface area contributed by atoms with E-state index in [9.17, 15) is 9.90 Å². The van der Waals surface area contributed by atoms with E-state index in [1.54, 1.807) is 49.4 Å². The van der Waals surface area contributed by atoms with Crippen LogP contribution in [-0.2, 0) is 7.05 Å². The van der Waals surface area contributed by atoms with E-state index in [0.717, 1.165) is 5.56 Å². The molecule has 0 amide bonds. The van der Waals surface area contributed by atoms with Crippen molar-refractivity contribution < 1.29 is 5.11 Å². The first-order chi connectivity index (χ1) is 13.1. The number of aryl methyl sites for hydroxylation is 1. The van der Waals surface area contributed by atoms with E-state index in [1.165, 1.54) is 10.9 Å². The molecule has 136 valence electrons. The van der Waals surface area contributed by atoms with E-state index >= 15 is 0 Å². The van der Waals surface area contributed by atoms with Crippen molar-refractivity contribution >= 4 is 10.9 Å². The van der Waals surface area contributed by atoms with Gasteiger partial charge in [-0.1, -0.05) is 5.21 Å². The molecule has 0 aliphatic rings. The van der Waals surface area contributed by atoms with Crippen molar-refractivity contribution in [1.29, 1.82) is 0 Å². The van der Waals surface area contributed by atoms with Crippen molar-refractivity contribution in [3.05, 3.63) is 53.5 Å². The lowest BCUT2D eigenvalue weighted by atomic mass is 10.1. The Hall–Kier alpha value is -3.46. The van der Waals surface area contributed by atoms with Crippen molar-refractivity contribution in [2.24, 2.45) is 7.05 Å². The van der Waals surface area contributed by atoms with Crippen LogP contribution in [-0.4, -0.2) is 46.2 Å². The molecule has 0 radical (unpaired) electrons. The zero-order valence-electron chi connectivity index (χ0n) is 14.8. The highest BCUT2D eigenvalue weighted by atomic mass is 16.3. The number of fused-ring (bicyclic) bond motifs is 1. The second-order valence-corrected chi connectivity index (χ2v) is 6.23. The number of hydrogen-bond donors (Lipinski definition) is 1. The zero-order chi connectivity index (χ0) is 19.0. The fourth-order valence-electron chi connectivity index (χ4n) is 2.90. The molecule has 4 rings (SSSR count). The molecule has 1 N–H and O–H groups in total. The molecular formula is C18H17N7O2. The van der Waals surface area contributed by atoms with Crippen molar-refractivity contribution in [2.75, 3.05) is 6.61 Å². The molecule has 0 unspecified atom stereocenters. The van der Waals surface area contributed by atoms with Gasteiger partial charge in [0.2, 0.25) is 0 Å². The third-order valence-corrected chi connectivity index (χ3v) is 4.42. The smallest absolute Gasteiger partial charge is 0.261 e. The topological polar surface area (TPSA) is 112 Å². The molecule has 0 bridgehead atoms. The monoisotopic (exact) mass is 363 g/mol. The quantitative estimate of drug-likeness (QED) is 0.580. The summed E-state index contributed by atoms with van der Waals surface area (Å²) in [6.07, 6.45) is 6.38. The van der Waals surface area contributed by atoms with Crippen LogP contribution in [0.3, 0.4) is 0 Å². The first kappa shape index (κ1) is 17.0. The van der Waals surface area contributed by atoms with Crippen LogP contribution in [0.4, 0.5) is 0 Å². The summed E-state index contributed by atoms with van der Waals surface area (Å²) < 4.78 is 3.01. The van der Waals surface area contributed by atoms with Crippen LogP contribution in [0.5, 0.6) is 0 Å². The van der Waals surface area contributed by atoms with Crippen molar-refractivity contribution in [3.8, 4) is 22.6 Å². The molecule has 0 aromatic carbocycles. The molecular weight excluding hydrogens is 346 g/mol. The van der Waals surface area contributed by atoms with Gasteiger partial charge >= 0.3 is 0 Å². The number of nitrogens with zero attached hydrogens (tertiary/aromatic N) is 7. The SMILES string of the molecule is C[C@@H](CO)n1cnc2c(-c3cccnc3)nc(-c3cnnn3C)cc2c1=O. The third kappa shape index (κ3) is 2.87. The normalized spacial score (nSPS) is 12.4. The maximum absolute atomic E-state index is 13.0. The Bertz CT molecular complexity index is 1170. The van der Waals surface area contributed by atoms with Crippen LogP contribution in [0.2, 0.25) is 0 Å². The van der Waals surface area contributed by atoms with Gasteiger partial charge in [-0.3, -0.25) is 14.3 Å². The largest absolute Gasteiger partial charge is 0.394 e. The van der Waals surface area contributed by atoms with Gasteiger partial charge in [-0.2, -0.15) is 0 Å². The zero-order valence-corrected chi connectivity index (χ0v) is 14.8. The summed E-state index contributed by atoms with van der Waals surface area (Å²) in [5.74, 6) is 0. The molecule has 0 saturated carbocycles. The third-order valence-electron chi connectivity index (χ3n) is 4.42. The molecule has 4 aromatic heterocycles. The maximum Gasteiger partial charge on any atom is 0.261 e. The van der Waals surface area contributed by atoms with E-state index in [4.69, 9.17) is 4.98 Å². The summed E-state index contributed by atoms with van der Waals surface area (Å²) in [5, 5.41) is 17.7. The van der Waals surface area contributed by atoms with Crippen LogP contribution >= 0.6 is 0 Å². The fraction of sp³-hybridized carbons (Fsp3) is 0.222. The van der Waals surface area contributed by atoms with Crippen molar-refractivity contribution in [3.63, 3.8) is 0 Å². The second-order valence-electron chi connectivity index (χ2n) is 6.23. The van der Waals surface area contributed by atoms with E-state index in [0.29, 0.717) is 28.0 Å². The lowest BCUT2D eigenvalue weighted by molar-refractivity contribution is 0.236. The predicted molar refractivity (Wildman–Crippen MR) is 98.8 cm³/mol. The first-order valence-corrected chi connectivity index (χ1v) is 8.38. The van der Waals surface area contributed by atoms with Gasteiger partial charge in [0.25, 0.3) is 5.56 Å². The van der Waals surface area contributed by atoms with E-state index in [2.05, 4.69) is 20.3 Å². The number of rotatable bonds is 4. The average molecular weight is 363 g/mol. The highest BCUT2D eigenvalue weighted by molar-refractivity contribution is 5.93. The summed E-state index contributed by atoms with van der Waals surface area (Å²) >= 11 is 0. The summed E-state index contributed by atoms with van der Waals surface area (Å²) in [6.45, 7) is 1.59. The highest BCUT2D eigenvalue weighted by Crippen LogP contribution is 2.27. The van der Waals surface area contributed by atoms with Crippen molar-refractivity contribution in [1.82, 2.24) is 34.5 Å². The second kappa shape index (κ2) is 6.69. The van der Waals surface area contributed by atoms with Gasteiger partial charge in [-0.15, -0.1) is 5.10 Å². The molecule has 0 aliphatic carbocycles. The summed E-state index contributed by atoms with van der Waals surface area (Å²) in [7, 11) is 1.76. The van der Waals surface area contributed by atoms with Crippen molar-refractivity contribution in [2.45, 2.75) is 13.0 Å². The van der Waals surface area contributed by atoms with E-state index in [1.807, 2.05) is 6.07 Å². The standard InChI is InChI=1S/C18H17N7O2/c1-11(9-26)25-10-20-17-13(18(25)27)6-14(15-8-21-23-24(15)2)22-16(17)12-4-3-5-19-7-12/h3-8,10-11,26H,9H2,1-2H3/t11-/m0/s1. The number of pyridine rings is 2. The van der Waals surface area contributed by atoms with Crippen LogP contribution in [0.1, 0.15) is 13.0 Å². The number of aliphatic hydroxyl groups is 1. The predicted octanol–water partition coefficient (Wildman–Crippen LogP) is 1.20. The Morgan fingerprint density at radius 2 is 2.15 bits per heavy atom. The lowest BCUT2D eigenvalue weighted by Crippen LogP contribution is -2.26. The molecule has 27 heavy (non-hydrogen) atoms. The van der Waals surface area contributed by atoms with Crippen LogP contribution in [0.15, 0.2) is 47.9 Å². The average Bonchev–Trinajstić information content (AvgIpc) is 3.13. The van der Waals surface area contributed by atoms with Crippen LogP contribution < -0.4 is 5.56 Å². The summed E-state index contributed by atoms with van der Waals surface area (Å²) in [4.78, 5) is 26.4. The molecule has 1 atom stereocenters. The van der Waals surface area contributed by atoms with Gasteiger partial charge < -0.3 is 5.11 Å². The molecule has 0 fully saturated rings. The Kier molecular flexibility index (Phi) is 4.21. The summed E-state index contributed by atoms with van der Waals surface area (Å²) in [5.41, 5.74) is 2.77. The minimum Gasteiger partial charge on any atom is -0.394 e. The van der Waals surface area contributed by atoms with Gasteiger partial charge in [0, 0.05) is 25.0 Å². The molecule has 4 aromatic rings. The highest BCUT2D eigenvalue weighted by Gasteiger charge is 2.17. The number of hydrogen-bond acceptors (Lipinski definition) is 7. The van der Waals surface area contributed by atoms with Gasteiger partial charge in [-0.25, -0.2) is 14.6 Å². The van der Waals surface area contributed by atoms with Gasteiger partial charge in [0.1, 0.15) is 11.2 Å². The van der Waals surface area contributed by atoms with Crippen LogP contribution in [0.25, 0.3) is 33.5 Å². The molecule has 9 nitrogen and oxygen atoms in total. The number of aromatic nitrogens is 7. The van der Waals surface area contributed by atoms with Gasteiger partial charge in [-0.05, 0) is 25.1 Å². The minimum atomic E-state index is -0.383. The molecule has 9 heteroatoms. The molecule has 0 saturated heterocycles. The van der Waals surface area contributed by atoms with E-state index in [-0.39, 0.29) is 18.2 Å². The van der Waals surface area contributed by atoms with E-state index < -0.39 is 0 Å². The number of aliphatic hydroxyl groups excluding tert-OH is 1. The molecule has 0 spiro atoms. The van der Waals surface area contributed by atoms with Gasteiger partial charge in [0.15, 0.2) is 0 Å². The molecule has 0 aliphatic heterocycles. The Labute approximate surface area is 154 Å². The minimum absolute atomic E-state index is 0.161. The van der Waals surface area contributed by atoms with Crippen LogP contribution in [0, 0.1) is 0 Å². The first-order valence-electron chi connectivity index (χ1n) is 8.38. The Balaban J connectivity index is 2.08. The molecule has 4 heterocycles. The summed E-state index contributed by atoms with van der Waals surface area (Å²) in [6, 6.07) is 4.97. The van der Waals surface area contributed by atoms with Gasteiger partial charge in [0.05, 0.1) is 41.9 Å². The Morgan fingerprint density at radius 1 is 1.30 bits per heavy atom. The fourth-order valence-corrected chi connectivity index (χ4v) is 2.90. The maximum atomic E-state index is 13.0. The lowest BCUT2D eigenvalue weighted by Gasteiger charge is -2.14.